The standard InChI is InChI=1S/C17H16F3N3O2/c1-9(21-11-3-5-12(6-4-11)22-10(2)24)17(25)23-14-8-7-13(18)15(19)16(14)20/h3-9,21H,1-2H3,(H,22,24)(H,23,25). The van der Waals surface area contributed by atoms with Crippen molar-refractivity contribution in [2.24, 2.45) is 0 Å². The molecule has 5 nitrogen and oxygen atoms in total. The van der Waals surface area contributed by atoms with Crippen LogP contribution in [0.5, 0.6) is 0 Å². The third kappa shape index (κ3) is 4.72. The highest BCUT2D eigenvalue weighted by Crippen LogP contribution is 2.20. The molecule has 0 aliphatic rings. The van der Waals surface area contributed by atoms with E-state index >= 15 is 0 Å². The van der Waals surface area contributed by atoms with Gasteiger partial charge in [0.2, 0.25) is 11.8 Å². The molecule has 1 unspecified atom stereocenters. The quantitative estimate of drug-likeness (QED) is 0.722. The summed E-state index contributed by atoms with van der Waals surface area (Å²) < 4.78 is 39.6. The van der Waals surface area contributed by atoms with Crippen molar-refractivity contribution in [3.63, 3.8) is 0 Å². The molecule has 2 amide bonds. The number of carbonyl (C=O) groups is 2. The van der Waals surface area contributed by atoms with Crippen LogP contribution in [0.2, 0.25) is 0 Å². The minimum absolute atomic E-state index is 0.206. The molecule has 8 heteroatoms. The largest absolute Gasteiger partial charge is 0.374 e. The molecule has 0 spiro atoms. The van der Waals surface area contributed by atoms with Crippen molar-refractivity contribution in [1.29, 1.82) is 0 Å². The van der Waals surface area contributed by atoms with Gasteiger partial charge in [-0.1, -0.05) is 0 Å². The van der Waals surface area contributed by atoms with E-state index in [1.165, 1.54) is 13.8 Å². The Morgan fingerprint density at radius 2 is 1.48 bits per heavy atom. The fourth-order valence-electron chi connectivity index (χ4n) is 2.03. The fraction of sp³-hybridized carbons (Fsp3) is 0.176. The second-order valence-electron chi connectivity index (χ2n) is 5.34. The summed E-state index contributed by atoms with van der Waals surface area (Å²) in [4.78, 5) is 23.0. The van der Waals surface area contributed by atoms with Crippen LogP contribution in [0.4, 0.5) is 30.2 Å². The Hall–Kier alpha value is -3.03. The van der Waals surface area contributed by atoms with Crippen LogP contribution in [0.15, 0.2) is 36.4 Å². The third-order valence-corrected chi connectivity index (χ3v) is 3.27. The molecule has 0 radical (unpaired) electrons. The summed E-state index contributed by atoms with van der Waals surface area (Å²) >= 11 is 0. The van der Waals surface area contributed by atoms with E-state index in [0.29, 0.717) is 11.4 Å². The maximum Gasteiger partial charge on any atom is 0.246 e. The van der Waals surface area contributed by atoms with Crippen molar-refractivity contribution < 1.29 is 22.8 Å². The number of hydrogen-bond acceptors (Lipinski definition) is 3. The van der Waals surface area contributed by atoms with Crippen LogP contribution >= 0.6 is 0 Å². The Balaban J connectivity index is 2.01. The summed E-state index contributed by atoms with van der Waals surface area (Å²) in [6.07, 6.45) is 0. The van der Waals surface area contributed by atoms with Crippen LogP contribution in [0.1, 0.15) is 13.8 Å². The van der Waals surface area contributed by atoms with E-state index in [0.717, 1.165) is 12.1 Å². The Kier molecular flexibility index (Phi) is 5.63. The Bertz CT molecular complexity index is 794. The Labute approximate surface area is 142 Å². The van der Waals surface area contributed by atoms with Crippen molar-refractivity contribution in [3.8, 4) is 0 Å². The molecule has 0 heterocycles. The molecule has 0 saturated heterocycles. The number of hydrogen-bond donors (Lipinski definition) is 3. The van der Waals surface area contributed by atoms with Gasteiger partial charge in [0.25, 0.3) is 0 Å². The van der Waals surface area contributed by atoms with Gasteiger partial charge in [-0.05, 0) is 43.3 Å². The van der Waals surface area contributed by atoms with E-state index in [9.17, 15) is 22.8 Å². The summed E-state index contributed by atoms with van der Waals surface area (Å²) in [6, 6.07) is 7.47. The van der Waals surface area contributed by atoms with Crippen LogP contribution in [0, 0.1) is 17.5 Å². The van der Waals surface area contributed by atoms with Gasteiger partial charge in [0.15, 0.2) is 17.5 Å². The number of halogens is 3. The monoisotopic (exact) mass is 351 g/mol. The normalized spacial score (nSPS) is 11.6. The smallest absolute Gasteiger partial charge is 0.246 e. The third-order valence-electron chi connectivity index (χ3n) is 3.27. The summed E-state index contributed by atoms with van der Waals surface area (Å²) in [5.41, 5.74) is 0.736. The highest BCUT2D eigenvalue weighted by Gasteiger charge is 2.18. The maximum absolute atomic E-state index is 13.6. The number of carbonyl (C=O) groups excluding carboxylic acids is 2. The molecule has 0 bridgehead atoms. The van der Waals surface area contributed by atoms with Gasteiger partial charge in [-0.2, -0.15) is 0 Å². The molecule has 1 atom stereocenters. The lowest BCUT2D eigenvalue weighted by atomic mass is 10.2. The zero-order valence-electron chi connectivity index (χ0n) is 13.5. The minimum atomic E-state index is -1.65. The number of benzene rings is 2. The van der Waals surface area contributed by atoms with Gasteiger partial charge >= 0.3 is 0 Å². The molecule has 3 N–H and O–H groups in total. The lowest BCUT2D eigenvalue weighted by molar-refractivity contribution is -0.116. The molecule has 0 aliphatic heterocycles. The van der Waals surface area contributed by atoms with Crippen molar-refractivity contribution in [2.45, 2.75) is 19.9 Å². The first kappa shape index (κ1) is 18.3. The summed E-state index contributed by atoms with van der Waals surface area (Å²) in [7, 11) is 0. The predicted molar refractivity (Wildman–Crippen MR) is 88.8 cm³/mol. The Morgan fingerprint density at radius 3 is 2.08 bits per heavy atom. The first-order valence-corrected chi connectivity index (χ1v) is 7.36. The average molecular weight is 351 g/mol. The van der Waals surface area contributed by atoms with Gasteiger partial charge in [-0.25, -0.2) is 13.2 Å². The SMILES string of the molecule is CC(=O)Nc1ccc(NC(C)C(=O)Nc2ccc(F)c(F)c2F)cc1. The van der Waals surface area contributed by atoms with Crippen molar-refractivity contribution >= 4 is 28.9 Å². The fourth-order valence-corrected chi connectivity index (χ4v) is 2.03. The molecule has 25 heavy (non-hydrogen) atoms. The van der Waals surface area contributed by atoms with Crippen molar-refractivity contribution in [2.75, 3.05) is 16.0 Å². The van der Waals surface area contributed by atoms with E-state index in [4.69, 9.17) is 0 Å². The lowest BCUT2D eigenvalue weighted by Crippen LogP contribution is -2.32. The van der Waals surface area contributed by atoms with Crippen LogP contribution in [-0.4, -0.2) is 17.9 Å². The summed E-state index contributed by atoms with van der Waals surface area (Å²) in [6.45, 7) is 2.91. The average Bonchev–Trinajstić information content (AvgIpc) is 2.56. The second-order valence-corrected chi connectivity index (χ2v) is 5.34. The van der Waals surface area contributed by atoms with E-state index in [2.05, 4.69) is 16.0 Å². The van der Waals surface area contributed by atoms with Gasteiger partial charge in [-0.3, -0.25) is 9.59 Å². The highest BCUT2D eigenvalue weighted by atomic mass is 19.2. The first-order valence-electron chi connectivity index (χ1n) is 7.36. The van der Waals surface area contributed by atoms with E-state index < -0.39 is 35.1 Å². The summed E-state index contributed by atoms with van der Waals surface area (Å²) in [5, 5.41) is 7.67. The van der Waals surface area contributed by atoms with Crippen LogP contribution < -0.4 is 16.0 Å². The van der Waals surface area contributed by atoms with Crippen LogP contribution in [-0.2, 0) is 9.59 Å². The second kappa shape index (κ2) is 7.69. The van der Waals surface area contributed by atoms with E-state index in [1.54, 1.807) is 24.3 Å². The van der Waals surface area contributed by atoms with Gasteiger partial charge in [0, 0.05) is 18.3 Å². The van der Waals surface area contributed by atoms with E-state index in [1.807, 2.05) is 0 Å². The molecule has 0 saturated carbocycles. The molecule has 2 aromatic carbocycles. The van der Waals surface area contributed by atoms with E-state index in [-0.39, 0.29) is 5.91 Å². The number of nitrogens with one attached hydrogen (secondary N) is 3. The van der Waals surface area contributed by atoms with Crippen molar-refractivity contribution in [1.82, 2.24) is 0 Å². The summed E-state index contributed by atoms with van der Waals surface area (Å²) in [5.74, 6) is -5.27. The topological polar surface area (TPSA) is 70.2 Å². The zero-order valence-corrected chi connectivity index (χ0v) is 13.5. The van der Waals surface area contributed by atoms with Crippen LogP contribution in [0.3, 0.4) is 0 Å². The molecule has 0 aliphatic carbocycles. The molecular weight excluding hydrogens is 335 g/mol. The molecule has 0 aromatic heterocycles. The molecule has 132 valence electrons. The zero-order chi connectivity index (χ0) is 18.6. The lowest BCUT2D eigenvalue weighted by Gasteiger charge is -2.16. The van der Waals surface area contributed by atoms with Crippen molar-refractivity contribution in [3.05, 3.63) is 53.8 Å². The van der Waals surface area contributed by atoms with Crippen LogP contribution in [0.25, 0.3) is 0 Å². The molecular formula is C17H16F3N3O2. The highest BCUT2D eigenvalue weighted by molar-refractivity contribution is 5.96. The minimum Gasteiger partial charge on any atom is -0.374 e. The van der Waals surface area contributed by atoms with Gasteiger partial charge in [-0.15, -0.1) is 0 Å². The first-order chi connectivity index (χ1) is 11.8. The number of anilines is 3. The predicted octanol–water partition coefficient (Wildman–Crippen LogP) is 3.50. The molecule has 0 fully saturated rings. The molecule has 2 aromatic rings. The van der Waals surface area contributed by atoms with Gasteiger partial charge < -0.3 is 16.0 Å². The number of amides is 2. The van der Waals surface area contributed by atoms with Gasteiger partial charge in [0.05, 0.1) is 5.69 Å². The Morgan fingerprint density at radius 1 is 0.880 bits per heavy atom. The van der Waals surface area contributed by atoms with Gasteiger partial charge in [0.1, 0.15) is 6.04 Å². The molecule has 2 rings (SSSR count). The maximum atomic E-state index is 13.6. The number of rotatable bonds is 5.